The van der Waals surface area contributed by atoms with Gasteiger partial charge in [0.25, 0.3) is 0 Å². The molecular formula is C11H19NO. The van der Waals surface area contributed by atoms with Crippen molar-refractivity contribution in [2.24, 2.45) is 17.3 Å². The Hall–Kier alpha value is -0.530. The first kappa shape index (κ1) is 9.04. The first-order chi connectivity index (χ1) is 5.93. The molecule has 13 heavy (non-hydrogen) atoms. The molecule has 3 atom stereocenters. The van der Waals surface area contributed by atoms with Gasteiger partial charge in [0.05, 0.1) is 0 Å². The van der Waals surface area contributed by atoms with Gasteiger partial charge in [0.15, 0.2) is 0 Å². The van der Waals surface area contributed by atoms with Crippen molar-refractivity contribution in [3.05, 3.63) is 0 Å². The van der Waals surface area contributed by atoms with E-state index in [-0.39, 0.29) is 0 Å². The lowest BCUT2D eigenvalue weighted by Crippen LogP contribution is -2.32. The summed E-state index contributed by atoms with van der Waals surface area (Å²) in [6.45, 7) is 6.63. The normalized spacial score (nSPS) is 39.8. The summed E-state index contributed by atoms with van der Waals surface area (Å²) >= 11 is 0. The SMILES string of the molecule is C[C@H]1C[C@@H]1C(=O)N(C)C1CC1(C)C. The smallest absolute Gasteiger partial charge is 0.225 e. The first-order valence-corrected chi connectivity index (χ1v) is 5.20. The zero-order valence-electron chi connectivity index (χ0n) is 9.00. The van der Waals surface area contributed by atoms with Crippen LogP contribution in [-0.4, -0.2) is 23.9 Å². The van der Waals surface area contributed by atoms with Crippen LogP contribution in [0.5, 0.6) is 0 Å². The van der Waals surface area contributed by atoms with Gasteiger partial charge in [-0.2, -0.15) is 0 Å². The Morgan fingerprint density at radius 3 is 2.23 bits per heavy atom. The van der Waals surface area contributed by atoms with E-state index < -0.39 is 0 Å². The Labute approximate surface area is 80.3 Å². The Morgan fingerprint density at radius 1 is 1.46 bits per heavy atom. The van der Waals surface area contributed by atoms with Crippen LogP contribution in [-0.2, 0) is 4.79 Å². The number of rotatable bonds is 2. The third kappa shape index (κ3) is 1.47. The molecular weight excluding hydrogens is 162 g/mol. The van der Waals surface area contributed by atoms with E-state index in [0.29, 0.717) is 29.2 Å². The fourth-order valence-electron chi connectivity index (χ4n) is 2.18. The first-order valence-electron chi connectivity index (χ1n) is 5.20. The molecule has 0 heterocycles. The fraction of sp³-hybridized carbons (Fsp3) is 0.909. The second kappa shape index (κ2) is 2.49. The van der Waals surface area contributed by atoms with E-state index in [1.807, 2.05) is 11.9 Å². The minimum atomic E-state index is 0.349. The number of hydrogen-bond donors (Lipinski definition) is 0. The zero-order valence-corrected chi connectivity index (χ0v) is 9.00. The molecule has 2 nitrogen and oxygen atoms in total. The summed E-state index contributed by atoms with van der Waals surface area (Å²) < 4.78 is 0. The second-order valence-electron chi connectivity index (χ2n) is 5.48. The van der Waals surface area contributed by atoms with Crippen LogP contribution >= 0.6 is 0 Å². The second-order valence-corrected chi connectivity index (χ2v) is 5.48. The molecule has 0 aromatic rings. The number of amides is 1. The molecule has 0 N–H and O–H groups in total. The van der Waals surface area contributed by atoms with Gasteiger partial charge >= 0.3 is 0 Å². The molecule has 0 bridgehead atoms. The molecule has 2 heteroatoms. The summed E-state index contributed by atoms with van der Waals surface area (Å²) in [7, 11) is 1.97. The van der Waals surface area contributed by atoms with Gasteiger partial charge in [-0.15, -0.1) is 0 Å². The summed E-state index contributed by atoms with van der Waals surface area (Å²) in [5.74, 6) is 1.36. The largest absolute Gasteiger partial charge is 0.342 e. The number of hydrogen-bond acceptors (Lipinski definition) is 1. The van der Waals surface area contributed by atoms with Gasteiger partial charge in [-0.3, -0.25) is 4.79 Å². The van der Waals surface area contributed by atoms with Crippen LogP contribution in [0.4, 0.5) is 0 Å². The van der Waals surface area contributed by atoms with Crippen LogP contribution in [0.25, 0.3) is 0 Å². The molecule has 2 fully saturated rings. The van der Waals surface area contributed by atoms with Crippen molar-refractivity contribution < 1.29 is 4.79 Å². The standard InChI is InChI=1S/C11H19NO/c1-7-5-8(7)10(13)12(4)9-6-11(9,2)3/h7-9H,5-6H2,1-4H3/t7-,8-,9?/m0/s1. The minimum absolute atomic E-state index is 0.349. The van der Waals surface area contributed by atoms with Crippen molar-refractivity contribution in [2.75, 3.05) is 7.05 Å². The average molecular weight is 181 g/mol. The Kier molecular flexibility index (Phi) is 1.73. The predicted molar refractivity (Wildman–Crippen MR) is 52.2 cm³/mol. The Balaban J connectivity index is 1.91. The van der Waals surface area contributed by atoms with E-state index in [1.165, 1.54) is 6.42 Å². The Bertz CT molecular complexity index is 246. The highest BCUT2D eigenvalue weighted by molar-refractivity contribution is 5.82. The molecule has 2 saturated carbocycles. The molecule has 2 rings (SSSR count). The summed E-state index contributed by atoms with van der Waals surface area (Å²) in [5.41, 5.74) is 0.378. The van der Waals surface area contributed by atoms with E-state index >= 15 is 0 Å². The van der Waals surface area contributed by atoms with E-state index in [4.69, 9.17) is 0 Å². The van der Waals surface area contributed by atoms with Crippen molar-refractivity contribution in [1.29, 1.82) is 0 Å². The number of carbonyl (C=O) groups excluding carboxylic acids is 1. The summed E-state index contributed by atoms with van der Waals surface area (Å²) in [5, 5.41) is 0. The molecule has 2 aliphatic rings. The Morgan fingerprint density at radius 2 is 1.92 bits per heavy atom. The summed E-state index contributed by atoms with van der Waals surface area (Å²) in [6.07, 6.45) is 2.28. The van der Waals surface area contributed by atoms with Crippen molar-refractivity contribution in [1.82, 2.24) is 4.90 Å². The highest BCUT2D eigenvalue weighted by Crippen LogP contribution is 2.50. The van der Waals surface area contributed by atoms with E-state index in [2.05, 4.69) is 20.8 Å². The molecule has 0 aliphatic heterocycles. The van der Waals surface area contributed by atoms with Crippen molar-refractivity contribution in [2.45, 2.75) is 39.7 Å². The van der Waals surface area contributed by atoms with Crippen LogP contribution in [0, 0.1) is 17.3 Å². The molecule has 2 aliphatic carbocycles. The van der Waals surface area contributed by atoms with Gasteiger partial charge in [0.1, 0.15) is 0 Å². The van der Waals surface area contributed by atoms with Crippen LogP contribution < -0.4 is 0 Å². The predicted octanol–water partition coefficient (Wildman–Crippen LogP) is 1.90. The third-order valence-corrected chi connectivity index (χ3v) is 3.70. The van der Waals surface area contributed by atoms with Crippen LogP contribution in [0.2, 0.25) is 0 Å². The lowest BCUT2D eigenvalue weighted by molar-refractivity contribution is -0.132. The van der Waals surface area contributed by atoms with E-state index in [9.17, 15) is 4.79 Å². The van der Waals surface area contributed by atoms with Crippen molar-refractivity contribution in [3.8, 4) is 0 Å². The van der Waals surface area contributed by atoms with Crippen LogP contribution in [0.1, 0.15) is 33.6 Å². The van der Waals surface area contributed by atoms with Gasteiger partial charge in [-0.05, 0) is 24.2 Å². The molecule has 1 amide bonds. The molecule has 74 valence electrons. The van der Waals surface area contributed by atoms with Crippen molar-refractivity contribution in [3.63, 3.8) is 0 Å². The average Bonchev–Trinajstić information content (AvgIpc) is 2.88. The maximum atomic E-state index is 11.8. The van der Waals surface area contributed by atoms with Gasteiger partial charge in [0.2, 0.25) is 5.91 Å². The zero-order chi connectivity index (χ0) is 9.80. The molecule has 1 unspecified atom stereocenters. The maximum absolute atomic E-state index is 11.8. The summed E-state index contributed by atoms with van der Waals surface area (Å²) in [4.78, 5) is 13.8. The molecule has 0 spiro atoms. The quantitative estimate of drug-likeness (QED) is 0.637. The van der Waals surface area contributed by atoms with Gasteiger partial charge in [0, 0.05) is 19.0 Å². The maximum Gasteiger partial charge on any atom is 0.225 e. The third-order valence-electron chi connectivity index (χ3n) is 3.70. The highest BCUT2D eigenvalue weighted by atomic mass is 16.2. The van der Waals surface area contributed by atoms with Gasteiger partial charge in [-0.1, -0.05) is 20.8 Å². The monoisotopic (exact) mass is 181 g/mol. The van der Waals surface area contributed by atoms with Crippen LogP contribution in [0.3, 0.4) is 0 Å². The minimum Gasteiger partial charge on any atom is -0.342 e. The lowest BCUT2D eigenvalue weighted by atomic mass is 10.1. The molecule has 0 aromatic heterocycles. The molecule has 0 radical (unpaired) electrons. The lowest BCUT2D eigenvalue weighted by Gasteiger charge is -2.19. The fourth-order valence-corrected chi connectivity index (χ4v) is 2.18. The van der Waals surface area contributed by atoms with Crippen LogP contribution in [0.15, 0.2) is 0 Å². The van der Waals surface area contributed by atoms with E-state index in [1.54, 1.807) is 0 Å². The van der Waals surface area contributed by atoms with Gasteiger partial charge < -0.3 is 4.90 Å². The molecule has 0 saturated heterocycles. The van der Waals surface area contributed by atoms with Gasteiger partial charge in [-0.25, -0.2) is 0 Å². The number of carbonyl (C=O) groups is 1. The topological polar surface area (TPSA) is 20.3 Å². The molecule has 0 aromatic carbocycles. The number of nitrogens with zero attached hydrogens (tertiary/aromatic N) is 1. The highest BCUT2D eigenvalue weighted by Gasteiger charge is 2.52. The summed E-state index contributed by atoms with van der Waals surface area (Å²) in [6, 6.07) is 0.507. The van der Waals surface area contributed by atoms with Crippen molar-refractivity contribution >= 4 is 5.91 Å². The van der Waals surface area contributed by atoms with E-state index in [0.717, 1.165) is 6.42 Å².